The molecule has 130 valence electrons. The molecule has 0 aliphatic carbocycles. The minimum atomic E-state index is -0.456. The number of hydrogen-bond donors (Lipinski definition) is 2. The van der Waals surface area contributed by atoms with Crippen LogP contribution in [0.2, 0.25) is 0 Å². The van der Waals surface area contributed by atoms with Crippen LogP contribution >= 0.6 is 0 Å². The van der Waals surface area contributed by atoms with E-state index in [2.05, 4.69) is 29.2 Å². The molecule has 2 atom stereocenters. The zero-order valence-corrected chi connectivity index (χ0v) is 14.9. The van der Waals surface area contributed by atoms with Gasteiger partial charge in [-0.05, 0) is 60.2 Å². The second-order valence-corrected chi connectivity index (χ2v) is 7.46. The first-order valence-corrected chi connectivity index (χ1v) is 8.27. The Labute approximate surface area is 135 Å². The van der Waals surface area contributed by atoms with Gasteiger partial charge in [-0.1, -0.05) is 0 Å². The highest BCUT2D eigenvalue weighted by Crippen LogP contribution is 2.16. The molecule has 1 aliphatic heterocycles. The molecule has 6 heteroatoms. The number of alkyl carbamates (subject to hydrolysis) is 1. The fourth-order valence-corrected chi connectivity index (χ4v) is 2.90. The second kappa shape index (κ2) is 8.70. The minimum absolute atomic E-state index is 0.292. The maximum absolute atomic E-state index is 11.6. The third-order valence-corrected chi connectivity index (χ3v) is 4.08. The molecule has 1 rings (SSSR count). The first-order chi connectivity index (χ1) is 10.2. The van der Waals surface area contributed by atoms with Gasteiger partial charge in [0.25, 0.3) is 0 Å². The molecule has 0 aromatic carbocycles. The fourth-order valence-electron chi connectivity index (χ4n) is 2.90. The molecule has 3 N–H and O–H groups in total. The van der Waals surface area contributed by atoms with E-state index in [1.54, 1.807) is 0 Å². The number of carbonyl (C=O) groups is 1. The van der Waals surface area contributed by atoms with E-state index < -0.39 is 5.60 Å². The topological polar surface area (TPSA) is 70.8 Å². The van der Waals surface area contributed by atoms with Crippen LogP contribution in [0, 0.1) is 5.92 Å². The summed E-state index contributed by atoms with van der Waals surface area (Å²) < 4.78 is 5.23. The van der Waals surface area contributed by atoms with E-state index in [9.17, 15) is 4.79 Å². The third-order valence-electron chi connectivity index (χ3n) is 4.08. The van der Waals surface area contributed by atoms with Gasteiger partial charge in [0.15, 0.2) is 0 Å². The largest absolute Gasteiger partial charge is 0.444 e. The number of likely N-dealkylation sites (N-methyl/N-ethyl adjacent to an activating group) is 1. The number of ether oxygens (including phenoxy) is 1. The zero-order valence-electron chi connectivity index (χ0n) is 14.9. The summed E-state index contributed by atoms with van der Waals surface area (Å²) in [6, 6.07) is 0.292. The molecule has 0 aromatic heterocycles. The lowest BCUT2D eigenvalue weighted by molar-refractivity contribution is 0.0522. The maximum Gasteiger partial charge on any atom is 0.407 e. The van der Waals surface area contributed by atoms with E-state index in [1.807, 2.05) is 20.8 Å². The molecule has 2 unspecified atom stereocenters. The van der Waals surface area contributed by atoms with Gasteiger partial charge in [0.05, 0.1) is 0 Å². The number of hydrogen-bond acceptors (Lipinski definition) is 5. The summed E-state index contributed by atoms with van der Waals surface area (Å²) in [5, 5.41) is 2.81. The summed E-state index contributed by atoms with van der Waals surface area (Å²) in [6.45, 7) is 10.2. The molecule has 6 nitrogen and oxygen atoms in total. The Kier molecular flexibility index (Phi) is 7.59. The van der Waals surface area contributed by atoms with Crippen molar-refractivity contribution in [3.05, 3.63) is 0 Å². The molecule has 1 saturated heterocycles. The standard InChI is InChI=1S/C16H34N4O2/c1-16(2,3)22-15(21)18-8-6-14(10-17)20(5)12-13-7-9-19(4)11-13/h13-14H,6-12,17H2,1-5H3,(H,18,21). The molecule has 0 bridgehead atoms. The molecule has 1 aliphatic rings. The molecule has 0 spiro atoms. The predicted molar refractivity (Wildman–Crippen MR) is 89.9 cm³/mol. The number of nitrogens with one attached hydrogen (secondary N) is 1. The quantitative estimate of drug-likeness (QED) is 0.737. The number of amides is 1. The van der Waals surface area contributed by atoms with Crippen molar-refractivity contribution in [2.75, 3.05) is 46.8 Å². The second-order valence-electron chi connectivity index (χ2n) is 7.46. The van der Waals surface area contributed by atoms with Crippen molar-refractivity contribution in [3.63, 3.8) is 0 Å². The van der Waals surface area contributed by atoms with Crippen LogP contribution in [-0.2, 0) is 4.74 Å². The van der Waals surface area contributed by atoms with Crippen molar-refractivity contribution < 1.29 is 9.53 Å². The van der Waals surface area contributed by atoms with Gasteiger partial charge in [-0.15, -0.1) is 0 Å². The van der Waals surface area contributed by atoms with E-state index in [0.29, 0.717) is 19.1 Å². The average molecular weight is 314 g/mol. The van der Waals surface area contributed by atoms with Crippen LogP contribution in [0.4, 0.5) is 4.79 Å². The molecular weight excluding hydrogens is 280 g/mol. The van der Waals surface area contributed by atoms with Crippen LogP contribution in [0.25, 0.3) is 0 Å². The average Bonchev–Trinajstić information content (AvgIpc) is 2.77. The minimum Gasteiger partial charge on any atom is -0.444 e. The van der Waals surface area contributed by atoms with Crippen molar-refractivity contribution in [2.45, 2.75) is 45.3 Å². The van der Waals surface area contributed by atoms with Gasteiger partial charge in [0, 0.05) is 32.2 Å². The lowest BCUT2D eigenvalue weighted by Crippen LogP contribution is -2.43. The normalized spacial score (nSPS) is 21.1. The summed E-state index contributed by atoms with van der Waals surface area (Å²) in [4.78, 5) is 16.3. The monoisotopic (exact) mass is 314 g/mol. The van der Waals surface area contributed by atoms with E-state index in [0.717, 1.165) is 25.4 Å². The van der Waals surface area contributed by atoms with Crippen molar-refractivity contribution in [2.24, 2.45) is 11.7 Å². The highest BCUT2D eigenvalue weighted by Gasteiger charge is 2.23. The Morgan fingerprint density at radius 2 is 2.18 bits per heavy atom. The SMILES string of the molecule is CN1CCC(CN(C)C(CN)CCNC(=O)OC(C)(C)C)C1. The van der Waals surface area contributed by atoms with Crippen LogP contribution < -0.4 is 11.1 Å². The summed E-state index contributed by atoms with van der Waals surface area (Å²) in [5.74, 6) is 0.725. The van der Waals surface area contributed by atoms with E-state index in [1.165, 1.54) is 13.0 Å². The predicted octanol–water partition coefficient (Wildman–Crippen LogP) is 1.11. The molecular formula is C16H34N4O2. The van der Waals surface area contributed by atoms with Gasteiger partial charge in [-0.2, -0.15) is 0 Å². The number of likely N-dealkylation sites (tertiary alicyclic amines) is 1. The molecule has 1 fully saturated rings. The van der Waals surface area contributed by atoms with Gasteiger partial charge in [0.1, 0.15) is 5.60 Å². The molecule has 1 heterocycles. The van der Waals surface area contributed by atoms with Crippen LogP contribution in [-0.4, -0.2) is 74.4 Å². The van der Waals surface area contributed by atoms with Crippen molar-refractivity contribution in [1.82, 2.24) is 15.1 Å². The van der Waals surface area contributed by atoms with Gasteiger partial charge in [0.2, 0.25) is 0 Å². The van der Waals surface area contributed by atoms with Crippen LogP contribution in [0.15, 0.2) is 0 Å². The Morgan fingerprint density at radius 1 is 1.50 bits per heavy atom. The Balaban J connectivity index is 2.27. The van der Waals surface area contributed by atoms with Crippen molar-refractivity contribution in [1.29, 1.82) is 0 Å². The molecule has 0 saturated carbocycles. The van der Waals surface area contributed by atoms with Gasteiger partial charge in [-0.3, -0.25) is 0 Å². The lowest BCUT2D eigenvalue weighted by Gasteiger charge is -2.29. The van der Waals surface area contributed by atoms with Crippen LogP contribution in [0.1, 0.15) is 33.6 Å². The van der Waals surface area contributed by atoms with E-state index >= 15 is 0 Å². The van der Waals surface area contributed by atoms with E-state index in [-0.39, 0.29) is 6.09 Å². The summed E-state index contributed by atoms with van der Waals surface area (Å²) in [7, 11) is 4.30. The number of nitrogens with zero attached hydrogens (tertiary/aromatic N) is 2. The lowest BCUT2D eigenvalue weighted by atomic mass is 10.1. The van der Waals surface area contributed by atoms with Crippen LogP contribution in [0.3, 0.4) is 0 Å². The first-order valence-electron chi connectivity index (χ1n) is 8.27. The molecule has 22 heavy (non-hydrogen) atoms. The molecule has 0 radical (unpaired) electrons. The number of carbonyl (C=O) groups excluding carboxylic acids is 1. The molecule has 1 amide bonds. The summed E-state index contributed by atoms with van der Waals surface area (Å²) >= 11 is 0. The highest BCUT2D eigenvalue weighted by molar-refractivity contribution is 5.67. The third kappa shape index (κ3) is 7.42. The molecule has 0 aromatic rings. The van der Waals surface area contributed by atoms with Gasteiger partial charge >= 0.3 is 6.09 Å². The number of rotatable bonds is 7. The van der Waals surface area contributed by atoms with Crippen molar-refractivity contribution >= 4 is 6.09 Å². The fraction of sp³-hybridized carbons (Fsp3) is 0.938. The van der Waals surface area contributed by atoms with E-state index in [4.69, 9.17) is 10.5 Å². The summed E-state index contributed by atoms with van der Waals surface area (Å²) in [6.07, 6.45) is 1.74. The first kappa shape index (κ1) is 19.2. The highest BCUT2D eigenvalue weighted by atomic mass is 16.6. The Bertz CT molecular complexity index is 344. The Morgan fingerprint density at radius 3 is 2.68 bits per heavy atom. The van der Waals surface area contributed by atoms with Gasteiger partial charge in [-0.25, -0.2) is 4.79 Å². The zero-order chi connectivity index (χ0) is 16.8. The smallest absolute Gasteiger partial charge is 0.407 e. The van der Waals surface area contributed by atoms with Crippen LogP contribution in [0.5, 0.6) is 0 Å². The van der Waals surface area contributed by atoms with Crippen molar-refractivity contribution in [3.8, 4) is 0 Å². The maximum atomic E-state index is 11.6. The number of nitrogens with two attached hydrogens (primary N) is 1. The Hall–Kier alpha value is -0.850. The summed E-state index contributed by atoms with van der Waals surface area (Å²) in [5.41, 5.74) is 5.44. The van der Waals surface area contributed by atoms with Gasteiger partial charge < -0.3 is 25.6 Å².